The number of hydrogen-bond acceptors (Lipinski definition) is 6. The highest BCUT2D eigenvalue weighted by atomic mass is 19.2. The molecule has 1 aliphatic heterocycles. The lowest BCUT2D eigenvalue weighted by molar-refractivity contribution is -0.153. The van der Waals surface area contributed by atoms with Crippen molar-refractivity contribution in [3.8, 4) is 5.75 Å². The number of fused-ring (bicyclic) bond motifs is 1. The second-order valence-corrected chi connectivity index (χ2v) is 9.90. The molecule has 3 aromatic rings. The Morgan fingerprint density at radius 2 is 1.90 bits per heavy atom. The average Bonchev–Trinajstić information content (AvgIpc) is 2.94. The van der Waals surface area contributed by atoms with E-state index in [0.717, 1.165) is 12.1 Å². The molecule has 4 rings (SSSR count). The molecule has 0 saturated carbocycles. The number of carboxylic acids is 1. The highest BCUT2D eigenvalue weighted by Gasteiger charge is 2.41. The van der Waals surface area contributed by atoms with Crippen LogP contribution in [0.5, 0.6) is 5.75 Å². The van der Waals surface area contributed by atoms with E-state index in [0.29, 0.717) is 66.8 Å². The first kappa shape index (κ1) is 28.6. The summed E-state index contributed by atoms with van der Waals surface area (Å²) in [4.78, 5) is 18.7. The molecule has 0 amide bonds. The van der Waals surface area contributed by atoms with E-state index in [2.05, 4.69) is 10.3 Å². The van der Waals surface area contributed by atoms with E-state index in [1.54, 1.807) is 24.4 Å². The number of carboxylic acid groups (broad SMARTS) is 1. The van der Waals surface area contributed by atoms with Crippen LogP contribution in [0.4, 0.5) is 23.2 Å². The second-order valence-electron chi connectivity index (χ2n) is 9.90. The molecule has 0 aliphatic carbocycles. The summed E-state index contributed by atoms with van der Waals surface area (Å²) in [7, 11) is 1.52. The third-order valence-corrected chi connectivity index (χ3v) is 7.62. The summed E-state index contributed by atoms with van der Waals surface area (Å²) < 4.78 is 61.1. The minimum Gasteiger partial charge on any atom is -0.497 e. The zero-order valence-electron chi connectivity index (χ0n) is 21.7. The van der Waals surface area contributed by atoms with Gasteiger partial charge in [-0.1, -0.05) is 0 Å². The van der Waals surface area contributed by atoms with Gasteiger partial charge in [0.1, 0.15) is 11.9 Å². The number of alkyl halides is 1. The fourth-order valence-electron chi connectivity index (χ4n) is 5.23. The number of ether oxygens (including phenoxy) is 1. The molecule has 11 heteroatoms. The van der Waals surface area contributed by atoms with Crippen LogP contribution in [0.15, 0.2) is 36.5 Å². The van der Waals surface area contributed by atoms with E-state index in [9.17, 15) is 23.1 Å². The number of piperidine rings is 1. The largest absolute Gasteiger partial charge is 0.497 e. The topological polar surface area (TPSA) is 101 Å². The number of nitrogens with one attached hydrogen (secondary N) is 1. The third kappa shape index (κ3) is 6.25. The molecular formula is C28H32F4N4O3. The van der Waals surface area contributed by atoms with Gasteiger partial charge in [0.2, 0.25) is 0 Å². The molecule has 2 aromatic carbocycles. The molecule has 4 N–H and O–H groups in total. The molecule has 1 saturated heterocycles. The molecule has 0 bridgehead atoms. The van der Waals surface area contributed by atoms with E-state index in [-0.39, 0.29) is 25.1 Å². The van der Waals surface area contributed by atoms with Crippen molar-refractivity contribution in [2.24, 2.45) is 11.1 Å². The molecule has 0 radical (unpaired) electrons. The Bertz CT molecular complexity index is 1300. The van der Waals surface area contributed by atoms with Crippen LogP contribution in [0.3, 0.4) is 0 Å². The predicted octanol–water partition coefficient (Wildman–Crippen LogP) is 5.19. The summed E-state index contributed by atoms with van der Waals surface area (Å²) in [5.74, 6) is -4.46. The summed E-state index contributed by atoms with van der Waals surface area (Å²) in [5, 5.41) is 13.5. The lowest BCUT2D eigenvalue weighted by Crippen LogP contribution is -2.45. The minimum absolute atomic E-state index is 0.0128. The summed E-state index contributed by atoms with van der Waals surface area (Å²) in [6.07, 6.45) is 0.967. The average molecular weight is 549 g/mol. The maximum Gasteiger partial charge on any atom is 0.309 e. The van der Waals surface area contributed by atoms with Crippen LogP contribution >= 0.6 is 0 Å². The fraction of sp³-hybridized carbons (Fsp3) is 0.429. The predicted molar refractivity (Wildman–Crippen MR) is 140 cm³/mol. The molecule has 7 nitrogen and oxygen atoms in total. The van der Waals surface area contributed by atoms with Gasteiger partial charge in [0.25, 0.3) is 0 Å². The Hall–Kier alpha value is -3.44. The highest BCUT2D eigenvalue weighted by Crippen LogP contribution is 2.41. The molecule has 1 fully saturated rings. The van der Waals surface area contributed by atoms with E-state index in [1.807, 2.05) is 4.90 Å². The van der Waals surface area contributed by atoms with Gasteiger partial charge < -0.3 is 25.8 Å². The molecule has 1 atom stereocenters. The number of aliphatic carboxylic acids is 1. The van der Waals surface area contributed by atoms with Crippen molar-refractivity contribution in [1.29, 1.82) is 0 Å². The number of methoxy groups -OCH3 is 1. The Morgan fingerprint density at radius 1 is 1.21 bits per heavy atom. The van der Waals surface area contributed by atoms with Crippen molar-refractivity contribution < 1.29 is 32.2 Å². The number of pyridine rings is 1. The Balaban J connectivity index is 1.38. The number of hydrogen-bond donors (Lipinski definition) is 3. The maximum absolute atomic E-state index is 15.8. The van der Waals surface area contributed by atoms with Crippen LogP contribution < -0.4 is 15.8 Å². The number of benzene rings is 2. The first-order chi connectivity index (χ1) is 18.7. The summed E-state index contributed by atoms with van der Waals surface area (Å²) in [5.41, 5.74) is 6.52. The third-order valence-electron chi connectivity index (χ3n) is 7.62. The molecule has 0 unspecified atom stereocenters. The second kappa shape index (κ2) is 12.2. The number of halogens is 4. The van der Waals surface area contributed by atoms with Gasteiger partial charge in [-0.05, 0) is 62.5 Å². The van der Waals surface area contributed by atoms with Gasteiger partial charge in [0.15, 0.2) is 17.5 Å². The normalized spacial score (nSPS) is 16.3. The van der Waals surface area contributed by atoms with Crippen LogP contribution in [0.1, 0.15) is 43.0 Å². The summed E-state index contributed by atoms with van der Waals surface area (Å²) in [6.45, 7) is 1.87. The number of rotatable bonds is 11. The van der Waals surface area contributed by atoms with Crippen molar-refractivity contribution in [2.45, 2.75) is 38.4 Å². The van der Waals surface area contributed by atoms with Gasteiger partial charge >= 0.3 is 5.97 Å². The van der Waals surface area contributed by atoms with Crippen LogP contribution in [-0.4, -0.2) is 54.2 Å². The van der Waals surface area contributed by atoms with Gasteiger partial charge in [-0.3, -0.25) is 9.78 Å². The van der Waals surface area contributed by atoms with Gasteiger partial charge in [-0.15, -0.1) is 0 Å². The lowest BCUT2D eigenvalue weighted by Gasteiger charge is -2.39. The van der Waals surface area contributed by atoms with Crippen molar-refractivity contribution in [3.05, 3.63) is 65.1 Å². The zero-order valence-corrected chi connectivity index (χ0v) is 21.7. The number of nitrogens with two attached hydrogens (primary N) is 1. The van der Waals surface area contributed by atoms with E-state index < -0.39 is 35.0 Å². The minimum atomic E-state index is -1.52. The van der Waals surface area contributed by atoms with Crippen LogP contribution in [0, 0.1) is 22.9 Å². The molecule has 210 valence electrons. The molecule has 1 aromatic heterocycles. The first-order valence-electron chi connectivity index (χ1n) is 12.8. The molecule has 1 aliphatic rings. The van der Waals surface area contributed by atoms with Crippen molar-refractivity contribution >= 4 is 22.6 Å². The standard InChI is InChI=1S/C28H32F4N4O3/c1-39-19-2-3-24-20(14-19)25(17(15-33)16-35-24)21(29)4-5-28(27(37)38)6-9-36(10-7-28)11-8-34-18-12-22(30)26(32)23(31)13-18/h2-3,12-14,16,21,34H,4-11,15,33H2,1H3,(H,37,38)/t21-/m0/s1. The number of anilines is 1. The Kier molecular flexibility index (Phi) is 8.91. The van der Waals surface area contributed by atoms with Crippen molar-refractivity contribution in [1.82, 2.24) is 9.88 Å². The van der Waals surface area contributed by atoms with E-state index >= 15 is 4.39 Å². The number of nitrogens with zero attached hydrogens (tertiary/aromatic N) is 2. The van der Waals surface area contributed by atoms with Crippen molar-refractivity contribution in [2.75, 3.05) is 38.6 Å². The monoisotopic (exact) mass is 548 g/mol. The zero-order chi connectivity index (χ0) is 28.2. The number of aromatic nitrogens is 1. The summed E-state index contributed by atoms with van der Waals surface area (Å²) in [6, 6.07) is 6.98. The van der Waals surface area contributed by atoms with Crippen LogP contribution in [0.25, 0.3) is 10.9 Å². The van der Waals surface area contributed by atoms with E-state index in [1.165, 1.54) is 7.11 Å². The van der Waals surface area contributed by atoms with Gasteiger partial charge in [0.05, 0.1) is 18.0 Å². The van der Waals surface area contributed by atoms with Crippen molar-refractivity contribution in [3.63, 3.8) is 0 Å². The Labute approximate surface area is 224 Å². The highest BCUT2D eigenvalue weighted by molar-refractivity contribution is 5.85. The van der Waals surface area contributed by atoms with Crippen LogP contribution in [0.2, 0.25) is 0 Å². The Morgan fingerprint density at radius 3 is 2.51 bits per heavy atom. The number of carbonyl (C=O) groups is 1. The number of likely N-dealkylation sites (tertiary alicyclic amines) is 1. The summed E-state index contributed by atoms with van der Waals surface area (Å²) >= 11 is 0. The maximum atomic E-state index is 15.8. The van der Waals surface area contributed by atoms with Gasteiger partial charge in [-0.2, -0.15) is 0 Å². The molecule has 39 heavy (non-hydrogen) atoms. The fourth-order valence-corrected chi connectivity index (χ4v) is 5.23. The SMILES string of the molecule is COc1ccc2ncc(CN)c([C@@H](F)CCC3(C(=O)O)CCN(CCNc4cc(F)c(F)c(F)c4)CC3)c2c1. The van der Waals surface area contributed by atoms with Crippen LogP contribution in [-0.2, 0) is 11.3 Å². The van der Waals surface area contributed by atoms with E-state index in [4.69, 9.17) is 10.5 Å². The van der Waals surface area contributed by atoms with Gasteiger partial charge in [0, 0.05) is 54.6 Å². The lowest BCUT2D eigenvalue weighted by atomic mass is 9.74. The van der Waals surface area contributed by atoms with Gasteiger partial charge in [-0.25, -0.2) is 17.6 Å². The smallest absolute Gasteiger partial charge is 0.309 e. The quantitative estimate of drug-likeness (QED) is 0.224. The molecule has 2 heterocycles. The molecular weight excluding hydrogens is 516 g/mol. The first-order valence-corrected chi connectivity index (χ1v) is 12.8. The molecule has 0 spiro atoms.